The summed E-state index contributed by atoms with van der Waals surface area (Å²) < 4.78 is 2.34. The Hall–Kier alpha value is -3.53. The zero-order chi connectivity index (χ0) is 18.8. The van der Waals surface area contributed by atoms with Crippen LogP contribution in [-0.4, -0.2) is 10.4 Å². The van der Waals surface area contributed by atoms with E-state index in [4.69, 9.17) is 11.6 Å². The van der Waals surface area contributed by atoms with E-state index in [9.17, 15) is 0 Å². The number of amidine groups is 1. The van der Waals surface area contributed by atoms with Crippen molar-refractivity contribution in [2.24, 2.45) is 16.7 Å². The Labute approximate surface area is 158 Å². The fraction of sp³-hybridized carbons (Fsp3) is 0.0870. The van der Waals surface area contributed by atoms with Crippen molar-refractivity contribution in [3.05, 3.63) is 95.7 Å². The summed E-state index contributed by atoms with van der Waals surface area (Å²) in [5, 5.41) is 4.92. The lowest BCUT2D eigenvalue weighted by Crippen LogP contribution is -2.16. The number of rotatable bonds is 4. The van der Waals surface area contributed by atoms with Gasteiger partial charge in [0.05, 0.1) is 0 Å². The van der Waals surface area contributed by atoms with Gasteiger partial charge in [0.2, 0.25) is 0 Å². The van der Waals surface area contributed by atoms with E-state index in [0.717, 1.165) is 23.2 Å². The van der Waals surface area contributed by atoms with Gasteiger partial charge in [-0.3, -0.25) is 0 Å². The number of nitrogens with two attached hydrogens (primary N) is 2. The van der Waals surface area contributed by atoms with E-state index in [0.29, 0.717) is 5.84 Å². The highest BCUT2D eigenvalue weighted by Gasteiger charge is 2.09. The monoisotopic (exact) mass is 354 g/mol. The normalized spacial score (nSPS) is 11.8. The molecule has 0 aliphatic heterocycles. The van der Waals surface area contributed by atoms with Crippen LogP contribution >= 0.6 is 0 Å². The molecule has 4 rings (SSSR count). The number of para-hydroxylation sites is 1. The summed E-state index contributed by atoms with van der Waals surface area (Å²) in [5.74, 6) is 5.71. The molecule has 3 aromatic carbocycles. The van der Waals surface area contributed by atoms with Gasteiger partial charge in [0.15, 0.2) is 5.84 Å². The molecule has 134 valence electrons. The maximum Gasteiger partial charge on any atom is 0.150 e. The fourth-order valence-corrected chi connectivity index (χ4v) is 3.56. The summed E-state index contributed by atoms with van der Waals surface area (Å²) in [6.07, 6.45) is 0. The summed E-state index contributed by atoms with van der Waals surface area (Å²) >= 11 is 0. The van der Waals surface area contributed by atoms with Crippen LogP contribution < -0.4 is 11.6 Å². The van der Waals surface area contributed by atoms with E-state index in [1.165, 1.54) is 22.2 Å². The molecule has 0 saturated carbocycles. The zero-order valence-corrected chi connectivity index (χ0v) is 15.3. The van der Waals surface area contributed by atoms with Gasteiger partial charge in [0.1, 0.15) is 0 Å². The Morgan fingerprint density at radius 1 is 0.926 bits per heavy atom. The summed E-state index contributed by atoms with van der Waals surface area (Å²) in [6.45, 7) is 2.99. The summed E-state index contributed by atoms with van der Waals surface area (Å²) in [7, 11) is 0. The second-order valence-electron chi connectivity index (χ2n) is 6.69. The van der Waals surface area contributed by atoms with Gasteiger partial charge >= 0.3 is 0 Å². The predicted octanol–water partition coefficient (Wildman–Crippen LogP) is 4.24. The van der Waals surface area contributed by atoms with Gasteiger partial charge in [-0.2, -0.15) is 5.10 Å². The minimum atomic E-state index is 0.337. The molecular weight excluding hydrogens is 332 g/mol. The van der Waals surface area contributed by atoms with E-state index >= 15 is 0 Å². The third-order valence-electron chi connectivity index (χ3n) is 4.97. The molecule has 0 amide bonds. The number of aromatic nitrogens is 1. The second kappa shape index (κ2) is 7.00. The molecule has 27 heavy (non-hydrogen) atoms. The van der Waals surface area contributed by atoms with Crippen LogP contribution in [0.5, 0.6) is 0 Å². The van der Waals surface area contributed by atoms with Gasteiger partial charge in [0.25, 0.3) is 0 Å². The first-order chi connectivity index (χ1) is 13.2. The molecule has 1 heterocycles. The Bertz CT molecular complexity index is 1120. The van der Waals surface area contributed by atoms with Crippen molar-refractivity contribution in [2.45, 2.75) is 13.5 Å². The number of benzene rings is 3. The zero-order valence-electron chi connectivity index (χ0n) is 15.3. The minimum Gasteiger partial charge on any atom is -0.382 e. The first kappa shape index (κ1) is 16.9. The highest BCUT2D eigenvalue weighted by molar-refractivity contribution is 6.03. The largest absolute Gasteiger partial charge is 0.382 e. The van der Waals surface area contributed by atoms with Crippen LogP contribution in [0.15, 0.2) is 84.0 Å². The molecule has 4 heteroatoms. The van der Waals surface area contributed by atoms with Crippen LogP contribution in [0.25, 0.3) is 22.0 Å². The predicted molar refractivity (Wildman–Crippen MR) is 113 cm³/mol. The van der Waals surface area contributed by atoms with Gasteiger partial charge in [-0.05, 0) is 41.1 Å². The number of hydrogen-bond donors (Lipinski definition) is 2. The van der Waals surface area contributed by atoms with E-state index in [1.54, 1.807) is 0 Å². The molecule has 4 N–H and O–H groups in total. The average molecular weight is 354 g/mol. The van der Waals surface area contributed by atoms with Gasteiger partial charge in [-0.1, -0.05) is 66.7 Å². The molecule has 1 aromatic heterocycles. The lowest BCUT2D eigenvalue weighted by Gasteiger charge is -2.11. The first-order valence-corrected chi connectivity index (χ1v) is 8.94. The topological polar surface area (TPSA) is 69.3 Å². The van der Waals surface area contributed by atoms with Crippen LogP contribution in [0.4, 0.5) is 0 Å². The van der Waals surface area contributed by atoms with Crippen molar-refractivity contribution in [2.75, 3.05) is 0 Å². The molecule has 4 nitrogen and oxygen atoms in total. The number of hydrogen-bond acceptors (Lipinski definition) is 2. The summed E-state index contributed by atoms with van der Waals surface area (Å²) in [5.41, 5.74) is 12.7. The molecular formula is C23H22N4. The molecule has 0 atom stereocenters. The number of aryl methyl sites for hydroxylation is 1. The van der Waals surface area contributed by atoms with Crippen LogP contribution in [0, 0.1) is 6.92 Å². The molecule has 0 saturated heterocycles. The fourth-order valence-electron chi connectivity index (χ4n) is 3.56. The Kier molecular flexibility index (Phi) is 4.38. The molecule has 0 spiro atoms. The van der Waals surface area contributed by atoms with Crippen LogP contribution in [0.3, 0.4) is 0 Å². The van der Waals surface area contributed by atoms with Crippen molar-refractivity contribution >= 4 is 16.7 Å². The standard InChI is InChI=1S/C23H22N4/c1-16-14-19-6-2-5-9-22(19)27(16)15-17-10-12-18(13-11-17)20-7-3-4-8-21(20)23(24)26-25/h2-14H,15,25H2,1H3,(H2,24,26). The van der Waals surface area contributed by atoms with Crippen molar-refractivity contribution in [3.63, 3.8) is 0 Å². The molecule has 0 aliphatic carbocycles. The minimum absolute atomic E-state index is 0.337. The van der Waals surface area contributed by atoms with Gasteiger partial charge in [-0.25, -0.2) is 0 Å². The summed E-state index contributed by atoms with van der Waals surface area (Å²) in [4.78, 5) is 0. The first-order valence-electron chi connectivity index (χ1n) is 8.94. The number of fused-ring (bicyclic) bond motifs is 1. The lowest BCUT2D eigenvalue weighted by atomic mass is 9.98. The van der Waals surface area contributed by atoms with E-state index in [-0.39, 0.29) is 0 Å². The van der Waals surface area contributed by atoms with Crippen molar-refractivity contribution in [1.29, 1.82) is 0 Å². The van der Waals surface area contributed by atoms with E-state index in [2.05, 4.69) is 71.2 Å². The summed E-state index contributed by atoms with van der Waals surface area (Å²) in [6, 6.07) is 27.2. The van der Waals surface area contributed by atoms with Gasteiger partial charge in [-0.15, -0.1) is 0 Å². The third-order valence-corrected chi connectivity index (χ3v) is 4.97. The van der Waals surface area contributed by atoms with Crippen LogP contribution in [0.1, 0.15) is 16.8 Å². The number of nitrogens with zero attached hydrogens (tertiary/aromatic N) is 2. The molecule has 0 unspecified atom stereocenters. The van der Waals surface area contributed by atoms with Gasteiger partial charge in [0, 0.05) is 23.3 Å². The molecule has 0 fully saturated rings. The highest BCUT2D eigenvalue weighted by atomic mass is 15.2. The van der Waals surface area contributed by atoms with Crippen molar-refractivity contribution in [1.82, 2.24) is 4.57 Å². The van der Waals surface area contributed by atoms with Crippen LogP contribution in [-0.2, 0) is 6.54 Å². The maximum absolute atomic E-state index is 5.94. The maximum atomic E-state index is 5.94. The Morgan fingerprint density at radius 2 is 1.63 bits per heavy atom. The van der Waals surface area contributed by atoms with Crippen molar-refractivity contribution in [3.8, 4) is 11.1 Å². The van der Waals surface area contributed by atoms with E-state index < -0.39 is 0 Å². The molecule has 0 aliphatic rings. The number of hydrazone groups is 1. The highest BCUT2D eigenvalue weighted by Crippen LogP contribution is 2.25. The van der Waals surface area contributed by atoms with Gasteiger partial charge < -0.3 is 16.1 Å². The van der Waals surface area contributed by atoms with Crippen LogP contribution in [0.2, 0.25) is 0 Å². The third kappa shape index (κ3) is 3.17. The Morgan fingerprint density at radius 3 is 2.41 bits per heavy atom. The second-order valence-corrected chi connectivity index (χ2v) is 6.69. The van der Waals surface area contributed by atoms with E-state index in [1.807, 2.05) is 24.3 Å². The molecule has 0 bridgehead atoms. The lowest BCUT2D eigenvalue weighted by molar-refractivity contribution is 0.805. The Balaban J connectivity index is 1.67. The molecule has 0 radical (unpaired) electrons. The SMILES string of the molecule is Cc1cc2ccccc2n1Cc1ccc(-c2ccccc2/C(N)=N/N)cc1. The molecule has 4 aromatic rings. The van der Waals surface area contributed by atoms with Crippen molar-refractivity contribution < 1.29 is 0 Å². The quantitative estimate of drug-likeness (QED) is 0.249. The average Bonchev–Trinajstić information content (AvgIpc) is 3.03. The smallest absolute Gasteiger partial charge is 0.150 e.